The van der Waals surface area contributed by atoms with Gasteiger partial charge in [0.05, 0.1) is 13.2 Å². The lowest BCUT2D eigenvalue weighted by Crippen LogP contribution is -2.46. The standard InChI is InChI=1S/C10H19F3O2/c1-8(2)5-9(6-14-3,7-15-4)10(11,12)13/h8H,5-7H2,1-4H3. The van der Waals surface area contributed by atoms with E-state index < -0.39 is 11.6 Å². The Morgan fingerprint density at radius 2 is 1.40 bits per heavy atom. The Labute approximate surface area is 88.7 Å². The average Bonchev–Trinajstić information content (AvgIpc) is 2.01. The van der Waals surface area contributed by atoms with Crippen LogP contribution in [-0.2, 0) is 9.47 Å². The third-order valence-corrected chi connectivity index (χ3v) is 2.24. The maximum Gasteiger partial charge on any atom is 0.398 e. The molecule has 0 rings (SSSR count). The first-order chi connectivity index (χ1) is 6.79. The fraction of sp³-hybridized carbons (Fsp3) is 1.00. The highest BCUT2D eigenvalue weighted by molar-refractivity contribution is 4.87. The fourth-order valence-electron chi connectivity index (χ4n) is 1.77. The lowest BCUT2D eigenvalue weighted by Gasteiger charge is -2.35. The van der Waals surface area contributed by atoms with Crippen LogP contribution in [0.1, 0.15) is 20.3 Å². The number of rotatable bonds is 6. The van der Waals surface area contributed by atoms with Crippen molar-refractivity contribution in [3.8, 4) is 0 Å². The van der Waals surface area contributed by atoms with Crippen molar-refractivity contribution in [2.45, 2.75) is 26.4 Å². The third kappa shape index (κ3) is 3.99. The van der Waals surface area contributed by atoms with Gasteiger partial charge in [0.15, 0.2) is 0 Å². The van der Waals surface area contributed by atoms with E-state index in [2.05, 4.69) is 9.47 Å². The fourth-order valence-corrected chi connectivity index (χ4v) is 1.77. The summed E-state index contributed by atoms with van der Waals surface area (Å²) in [4.78, 5) is 0. The van der Waals surface area contributed by atoms with Crippen LogP contribution in [0.25, 0.3) is 0 Å². The largest absolute Gasteiger partial charge is 0.398 e. The molecule has 0 saturated heterocycles. The van der Waals surface area contributed by atoms with E-state index >= 15 is 0 Å². The Morgan fingerprint density at radius 1 is 1.00 bits per heavy atom. The van der Waals surface area contributed by atoms with Crippen LogP contribution in [0.2, 0.25) is 0 Å². The van der Waals surface area contributed by atoms with Crippen molar-refractivity contribution in [1.29, 1.82) is 0 Å². The maximum absolute atomic E-state index is 12.9. The summed E-state index contributed by atoms with van der Waals surface area (Å²) < 4.78 is 48.2. The van der Waals surface area contributed by atoms with Gasteiger partial charge in [0.2, 0.25) is 0 Å². The second-order valence-corrected chi connectivity index (χ2v) is 4.24. The van der Waals surface area contributed by atoms with E-state index in [0.29, 0.717) is 0 Å². The zero-order valence-electron chi connectivity index (χ0n) is 9.65. The number of halogens is 3. The van der Waals surface area contributed by atoms with Crippen LogP contribution >= 0.6 is 0 Å². The number of methoxy groups -OCH3 is 2. The highest BCUT2D eigenvalue weighted by atomic mass is 19.4. The molecule has 0 aromatic rings. The van der Waals surface area contributed by atoms with E-state index in [0.717, 1.165) is 0 Å². The quantitative estimate of drug-likeness (QED) is 0.696. The minimum atomic E-state index is -4.30. The molecule has 0 bridgehead atoms. The van der Waals surface area contributed by atoms with Crippen LogP contribution in [0.3, 0.4) is 0 Å². The first kappa shape index (κ1) is 14.7. The Kier molecular flexibility index (Phi) is 5.59. The van der Waals surface area contributed by atoms with E-state index in [1.807, 2.05) is 0 Å². The molecule has 2 nitrogen and oxygen atoms in total. The first-order valence-electron chi connectivity index (χ1n) is 4.83. The molecule has 5 heteroatoms. The van der Waals surface area contributed by atoms with Crippen molar-refractivity contribution < 1.29 is 22.6 Å². The summed E-state index contributed by atoms with van der Waals surface area (Å²) in [5, 5.41) is 0. The van der Waals surface area contributed by atoms with Gasteiger partial charge in [-0.2, -0.15) is 13.2 Å². The third-order valence-electron chi connectivity index (χ3n) is 2.24. The predicted octanol–water partition coefficient (Wildman–Crippen LogP) is 2.87. The topological polar surface area (TPSA) is 18.5 Å². The number of ether oxygens (including phenoxy) is 2. The Hall–Kier alpha value is -0.290. The van der Waals surface area contributed by atoms with E-state index in [1.165, 1.54) is 14.2 Å². The summed E-state index contributed by atoms with van der Waals surface area (Å²) in [6.45, 7) is 2.79. The van der Waals surface area contributed by atoms with Crippen LogP contribution in [0.5, 0.6) is 0 Å². The summed E-state index contributed by atoms with van der Waals surface area (Å²) in [5.74, 6) is -0.0584. The molecule has 0 aliphatic rings. The Morgan fingerprint density at radius 3 is 1.60 bits per heavy atom. The molecule has 0 unspecified atom stereocenters. The molecule has 0 aliphatic carbocycles. The van der Waals surface area contributed by atoms with Gasteiger partial charge in [-0.25, -0.2) is 0 Å². The predicted molar refractivity (Wildman–Crippen MR) is 51.7 cm³/mol. The van der Waals surface area contributed by atoms with Gasteiger partial charge in [-0.15, -0.1) is 0 Å². The van der Waals surface area contributed by atoms with Crippen LogP contribution in [0, 0.1) is 11.3 Å². The van der Waals surface area contributed by atoms with Crippen molar-refractivity contribution in [3.63, 3.8) is 0 Å². The summed E-state index contributed by atoms with van der Waals surface area (Å²) in [6.07, 6.45) is -4.29. The van der Waals surface area contributed by atoms with Crippen LogP contribution in [0.15, 0.2) is 0 Å². The van der Waals surface area contributed by atoms with E-state index in [1.54, 1.807) is 13.8 Å². The zero-order valence-corrected chi connectivity index (χ0v) is 9.65. The molecule has 0 amide bonds. The van der Waals surface area contributed by atoms with Crippen molar-refractivity contribution in [1.82, 2.24) is 0 Å². The van der Waals surface area contributed by atoms with Crippen LogP contribution in [0.4, 0.5) is 13.2 Å². The molecule has 0 saturated carbocycles. The second-order valence-electron chi connectivity index (χ2n) is 4.24. The van der Waals surface area contributed by atoms with Gasteiger partial charge >= 0.3 is 6.18 Å². The Balaban J connectivity index is 4.89. The molecule has 92 valence electrons. The molecule has 0 radical (unpaired) electrons. The van der Waals surface area contributed by atoms with Crippen molar-refractivity contribution in [3.05, 3.63) is 0 Å². The van der Waals surface area contributed by atoms with E-state index in [4.69, 9.17) is 0 Å². The highest BCUT2D eigenvalue weighted by Crippen LogP contribution is 2.43. The van der Waals surface area contributed by atoms with Crippen molar-refractivity contribution in [2.75, 3.05) is 27.4 Å². The maximum atomic E-state index is 12.9. The average molecular weight is 228 g/mol. The van der Waals surface area contributed by atoms with E-state index in [-0.39, 0.29) is 25.6 Å². The Bertz CT molecular complexity index is 172. The highest BCUT2D eigenvalue weighted by Gasteiger charge is 2.54. The SMILES string of the molecule is COCC(COC)(CC(C)C)C(F)(F)F. The van der Waals surface area contributed by atoms with Gasteiger partial charge in [0, 0.05) is 14.2 Å². The van der Waals surface area contributed by atoms with Gasteiger partial charge in [0.1, 0.15) is 5.41 Å². The lowest BCUT2D eigenvalue weighted by atomic mass is 9.80. The summed E-state index contributed by atoms with van der Waals surface area (Å²) in [5.41, 5.74) is -1.88. The van der Waals surface area contributed by atoms with Crippen molar-refractivity contribution in [2.24, 2.45) is 11.3 Å². The minimum absolute atomic E-state index is 0.0121. The molecule has 15 heavy (non-hydrogen) atoms. The normalized spacial score (nSPS) is 13.6. The second kappa shape index (κ2) is 5.70. The van der Waals surface area contributed by atoms with Crippen LogP contribution < -0.4 is 0 Å². The molecule has 0 fully saturated rings. The van der Waals surface area contributed by atoms with Crippen molar-refractivity contribution >= 4 is 0 Å². The molecule has 0 aliphatic heterocycles. The molecular weight excluding hydrogens is 209 g/mol. The molecular formula is C10H19F3O2. The number of hydrogen-bond donors (Lipinski definition) is 0. The van der Waals surface area contributed by atoms with Gasteiger partial charge in [-0.3, -0.25) is 0 Å². The summed E-state index contributed by atoms with van der Waals surface area (Å²) >= 11 is 0. The summed E-state index contributed by atoms with van der Waals surface area (Å²) in [6, 6.07) is 0. The molecule has 0 spiro atoms. The minimum Gasteiger partial charge on any atom is -0.384 e. The van der Waals surface area contributed by atoms with Gasteiger partial charge in [0.25, 0.3) is 0 Å². The van der Waals surface area contributed by atoms with Gasteiger partial charge in [-0.05, 0) is 12.3 Å². The molecule has 0 atom stereocenters. The van der Waals surface area contributed by atoms with Crippen LogP contribution in [-0.4, -0.2) is 33.6 Å². The molecule has 0 aromatic heterocycles. The summed E-state index contributed by atoms with van der Waals surface area (Å²) in [7, 11) is 2.55. The molecule has 0 N–H and O–H groups in total. The number of alkyl halides is 3. The number of hydrogen-bond acceptors (Lipinski definition) is 2. The molecule has 0 heterocycles. The monoisotopic (exact) mass is 228 g/mol. The smallest absolute Gasteiger partial charge is 0.384 e. The zero-order chi connectivity index (χ0) is 12.1. The lowest BCUT2D eigenvalue weighted by molar-refractivity contribution is -0.257. The van der Waals surface area contributed by atoms with Gasteiger partial charge in [-0.1, -0.05) is 13.8 Å². The molecule has 0 aromatic carbocycles. The van der Waals surface area contributed by atoms with Gasteiger partial charge < -0.3 is 9.47 Å². The van der Waals surface area contributed by atoms with E-state index in [9.17, 15) is 13.2 Å². The first-order valence-corrected chi connectivity index (χ1v) is 4.83.